The number of anilines is 1. The van der Waals surface area contributed by atoms with E-state index in [1.165, 1.54) is 0 Å². The van der Waals surface area contributed by atoms with Crippen molar-refractivity contribution in [2.45, 2.75) is 64.5 Å². The number of likely N-dealkylation sites (tertiary alicyclic amines) is 1. The maximum absolute atomic E-state index is 13.5. The Bertz CT molecular complexity index is 1350. The molecular formula is C31H41N5O4. The minimum atomic E-state index is -0.142. The Labute approximate surface area is 236 Å². The van der Waals surface area contributed by atoms with E-state index in [4.69, 9.17) is 24.4 Å². The Morgan fingerprint density at radius 3 is 2.75 bits per heavy atom. The van der Waals surface area contributed by atoms with E-state index in [0.29, 0.717) is 36.0 Å². The van der Waals surface area contributed by atoms with E-state index in [1.54, 1.807) is 7.11 Å². The molecule has 9 nitrogen and oxygen atoms in total. The first-order valence-electron chi connectivity index (χ1n) is 14.5. The minimum absolute atomic E-state index is 0.0787. The van der Waals surface area contributed by atoms with E-state index in [9.17, 15) is 9.90 Å². The lowest BCUT2D eigenvalue weighted by Gasteiger charge is -2.35. The third-order valence-corrected chi connectivity index (χ3v) is 8.31. The highest BCUT2D eigenvalue weighted by Gasteiger charge is 2.35. The summed E-state index contributed by atoms with van der Waals surface area (Å²) in [7, 11) is 3.51. The van der Waals surface area contributed by atoms with Crippen molar-refractivity contribution in [3.8, 4) is 17.0 Å². The van der Waals surface area contributed by atoms with Crippen molar-refractivity contribution in [3.63, 3.8) is 0 Å². The van der Waals surface area contributed by atoms with Gasteiger partial charge >= 0.3 is 0 Å². The molecule has 0 saturated carbocycles. The Kier molecular flexibility index (Phi) is 8.81. The molecule has 0 bridgehead atoms. The van der Waals surface area contributed by atoms with Gasteiger partial charge in [-0.05, 0) is 56.5 Å². The van der Waals surface area contributed by atoms with Gasteiger partial charge in [-0.2, -0.15) is 0 Å². The predicted octanol–water partition coefficient (Wildman–Crippen LogP) is 4.56. The monoisotopic (exact) mass is 547 g/mol. The van der Waals surface area contributed by atoms with Crippen molar-refractivity contribution in [1.82, 2.24) is 19.9 Å². The number of carbonyl (C=O) groups excluding carboxylic acids is 1. The zero-order chi connectivity index (χ0) is 28.2. The topological polar surface area (TPSA) is 101 Å². The predicted molar refractivity (Wildman–Crippen MR) is 155 cm³/mol. The molecule has 3 atom stereocenters. The number of benzene rings is 1. The highest BCUT2D eigenvalue weighted by atomic mass is 16.5. The van der Waals surface area contributed by atoms with Crippen LogP contribution in [0.4, 0.5) is 5.82 Å². The number of morpholine rings is 1. The van der Waals surface area contributed by atoms with Crippen LogP contribution in [0, 0.1) is 5.92 Å². The summed E-state index contributed by atoms with van der Waals surface area (Å²) >= 11 is 0. The molecule has 0 spiro atoms. The number of ether oxygens (including phenoxy) is 2. The largest absolute Gasteiger partial charge is 0.496 e. The highest BCUT2D eigenvalue weighted by molar-refractivity contribution is 5.89. The summed E-state index contributed by atoms with van der Waals surface area (Å²) in [5, 5.41) is 10.7. The van der Waals surface area contributed by atoms with Crippen molar-refractivity contribution in [2.75, 3.05) is 45.4 Å². The maximum Gasteiger partial charge on any atom is 0.226 e. The van der Waals surface area contributed by atoms with Gasteiger partial charge in [-0.1, -0.05) is 19.8 Å². The van der Waals surface area contributed by atoms with Crippen LogP contribution in [0.25, 0.3) is 22.3 Å². The number of aliphatic hydroxyl groups is 1. The number of aromatic nitrogens is 3. The fourth-order valence-electron chi connectivity index (χ4n) is 6.08. The average Bonchev–Trinajstić information content (AvgIpc) is 3.15. The molecule has 2 saturated heterocycles. The molecule has 2 aliphatic rings. The van der Waals surface area contributed by atoms with E-state index >= 15 is 0 Å². The van der Waals surface area contributed by atoms with Gasteiger partial charge in [0.2, 0.25) is 5.91 Å². The number of rotatable bonds is 8. The number of methoxy groups -OCH3 is 1. The Balaban J connectivity index is 1.66. The van der Waals surface area contributed by atoms with Crippen LogP contribution in [0.2, 0.25) is 0 Å². The molecule has 0 aliphatic carbocycles. The standard InChI is InChI=1S/C31H41N5O4/c1-5-8-23(24-9-6-7-14-35(3)31(24)38)28-33-29-25(30(34-28)36-15-16-40-19-20(36)2)11-12-26(32-29)21-10-13-27(39-4)22(17-21)18-37/h10-13,17,20,23-24,37H,5-9,14-16,18-19H2,1-4H3. The first-order valence-corrected chi connectivity index (χ1v) is 14.5. The first-order chi connectivity index (χ1) is 19.4. The highest BCUT2D eigenvalue weighted by Crippen LogP contribution is 2.37. The average molecular weight is 548 g/mol. The van der Waals surface area contributed by atoms with Gasteiger partial charge in [0.15, 0.2) is 5.65 Å². The van der Waals surface area contributed by atoms with Crippen LogP contribution >= 0.6 is 0 Å². The number of nitrogens with zero attached hydrogens (tertiary/aromatic N) is 5. The van der Waals surface area contributed by atoms with Crippen LogP contribution in [0.5, 0.6) is 5.75 Å². The lowest BCUT2D eigenvalue weighted by Crippen LogP contribution is -2.44. The van der Waals surface area contributed by atoms with Gasteiger partial charge in [0.05, 0.1) is 44.1 Å². The summed E-state index contributed by atoms with van der Waals surface area (Å²) in [5.74, 6) is 2.17. The second kappa shape index (κ2) is 12.5. The molecule has 2 fully saturated rings. The van der Waals surface area contributed by atoms with Crippen molar-refractivity contribution >= 4 is 22.8 Å². The Morgan fingerprint density at radius 2 is 2.00 bits per heavy atom. The molecule has 2 aliphatic heterocycles. The number of hydrogen-bond donors (Lipinski definition) is 1. The van der Waals surface area contributed by atoms with Gasteiger partial charge < -0.3 is 24.4 Å². The van der Waals surface area contributed by atoms with E-state index < -0.39 is 0 Å². The molecular weight excluding hydrogens is 506 g/mol. The lowest BCUT2D eigenvalue weighted by atomic mass is 9.83. The van der Waals surface area contributed by atoms with Gasteiger partial charge in [0, 0.05) is 43.1 Å². The van der Waals surface area contributed by atoms with Crippen LogP contribution in [0.3, 0.4) is 0 Å². The summed E-state index contributed by atoms with van der Waals surface area (Å²) in [5.41, 5.74) is 2.95. The molecule has 214 valence electrons. The molecule has 9 heteroatoms. The van der Waals surface area contributed by atoms with Crippen LogP contribution in [-0.4, -0.2) is 77.4 Å². The number of hydrogen-bond acceptors (Lipinski definition) is 8. The summed E-state index contributed by atoms with van der Waals surface area (Å²) in [4.78, 5) is 33.0. The smallest absolute Gasteiger partial charge is 0.226 e. The van der Waals surface area contributed by atoms with Crippen molar-refractivity contribution < 1.29 is 19.4 Å². The minimum Gasteiger partial charge on any atom is -0.496 e. The van der Waals surface area contributed by atoms with E-state index in [-0.39, 0.29) is 30.4 Å². The molecule has 2 aromatic heterocycles. The Hall–Kier alpha value is -3.30. The first kappa shape index (κ1) is 28.2. The maximum atomic E-state index is 13.5. The molecule has 1 amide bonds. The van der Waals surface area contributed by atoms with E-state index in [1.807, 2.05) is 42.3 Å². The molecule has 5 rings (SSSR count). The number of aliphatic hydroxyl groups excluding tert-OH is 1. The van der Waals surface area contributed by atoms with Gasteiger partial charge in [-0.15, -0.1) is 0 Å². The second-order valence-electron chi connectivity index (χ2n) is 11.0. The van der Waals surface area contributed by atoms with Crippen LogP contribution in [-0.2, 0) is 16.1 Å². The zero-order valence-electron chi connectivity index (χ0n) is 24.1. The molecule has 3 unspecified atom stereocenters. The van der Waals surface area contributed by atoms with Gasteiger partial charge in [-0.25, -0.2) is 15.0 Å². The molecule has 1 N–H and O–H groups in total. The van der Waals surface area contributed by atoms with E-state index in [2.05, 4.69) is 18.7 Å². The Morgan fingerprint density at radius 1 is 1.15 bits per heavy atom. The summed E-state index contributed by atoms with van der Waals surface area (Å²) in [6.07, 6.45) is 4.67. The van der Waals surface area contributed by atoms with Crippen molar-refractivity contribution in [1.29, 1.82) is 0 Å². The number of amides is 1. The third kappa shape index (κ3) is 5.63. The van der Waals surface area contributed by atoms with E-state index in [0.717, 1.165) is 67.7 Å². The van der Waals surface area contributed by atoms with Gasteiger partial charge in [0.25, 0.3) is 0 Å². The molecule has 40 heavy (non-hydrogen) atoms. The summed E-state index contributed by atoms with van der Waals surface area (Å²) in [6.45, 7) is 6.97. The molecule has 0 radical (unpaired) electrons. The van der Waals surface area contributed by atoms with Crippen molar-refractivity contribution in [3.05, 3.63) is 41.7 Å². The lowest BCUT2D eigenvalue weighted by molar-refractivity contribution is -0.134. The zero-order valence-corrected chi connectivity index (χ0v) is 24.1. The number of fused-ring (bicyclic) bond motifs is 1. The summed E-state index contributed by atoms with van der Waals surface area (Å²) in [6, 6.07) is 9.88. The molecule has 3 aromatic rings. The van der Waals surface area contributed by atoms with Crippen molar-refractivity contribution in [2.24, 2.45) is 5.92 Å². The fraction of sp³-hybridized carbons (Fsp3) is 0.548. The van der Waals surface area contributed by atoms with Crippen LogP contribution in [0.1, 0.15) is 63.3 Å². The number of pyridine rings is 1. The molecule has 1 aromatic carbocycles. The quantitative estimate of drug-likeness (QED) is 0.438. The van der Waals surface area contributed by atoms with Gasteiger partial charge in [0.1, 0.15) is 17.4 Å². The van der Waals surface area contributed by atoms with Gasteiger partial charge in [-0.3, -0.25) is 4.79 Å². The fourth-order valence-corrected chi connectivity index (χ4v) is 6.08. The van der Waals surface area contributed by atoms with Crippen LogP contribution < -0.4 is 9.64 Å². The SMILES string of the molecule is CCCC(c1nc(N2CCOCC2C)c2ccc(-c3ccc(OC)c(CO)c3)nc2n1)C1CCCCN(C)C1=O. The number of carbonyl (C=O) groups is 1. The third-order valence-electron chi connectivity index (χ3n) is 8.31. The molecule has 4 heterocycles. The normalized spacial score (nSPS) is 21.0. The van der Waals surface area contributed by atoms with Crippen LogP contribution in [0.15, 0.2) is 30.3 Å². The summed E-state index contributed by atoms with van der Waals surface area (Å²) < 4.78 is 11.1. The second-order valence-corrected chi connectivity index (χ2v) is 11.0.